The minimum atomic E-state index is -0.154. The summed E-state index contributed by atoms with van der Waals surface area (Å²) in [7, 11) is 0. The summed E-state index contributed by atoms with van der Waals surface area (Å²) in [5.74, 6) is 0.826. The molecule has 0 radical (unpaired) electrons. The third-order valence-corrected chi connectivity index (χ3v) is 4.86. The molecule has 1 aliphatic carbocycles. The summed E-state index contributed by atoms with van der Waals surface area (Å²) in [6.07, 6.45) is 6.06. The monoisotopic (exact) mass is 345 g/mol. The van der Waals surface area contributed by atoms with E-state index in [4.69, 9.17) is 4.74 Å². The molecule has 0 spiro atoms. The minimum absolute atomic E-state index is 0.0344. The van der Waals surface area contributed by atoms with Crippen molar-refractivity contribution in [1.29, 1.82) is 0 Å². The van der Waals surface area contributed by atoms with E-state index in [9.17, 15) is 9.59 Å². The van der Waals surface area contributed by atoms with Crippen molar-refractivity contribution in [2.75, 3.05) is 18.1 Å². The quantitative estimate of drug-likeness (QED) is 0.862. The maximum Gasteiger partial charge on any atom is 0.315 e. The SMILES string of the molecule is CCOc1ccc(N2C[C@H](NC(=O)NC3CCCCC3)CC2=O)cc1. The van der Waals surface area contributed by atoms with Crippen LogP contribution < -0.4 is 20.3 Å². The number of carbonyl (C=O) groups is 2. The van der Waals surface area contributed by atoms with Crippen molar-refractivity contribution in [3.05, 3.63) is 24.3 Å². The van der Waals surface area contributed by atoms with Crippen LogP contribution in [-0.2, 0) is 4.79 Å². The molecule has 25 heavy (non-hydrogen) atoms. The van der Waals surface area contributed by atoms with Gasteiger partial charge in [0, 0.05) is 24.7 Å². The molecule has 1 saturated heterocycles. The third kappa shape index (κ3) is 4.65. The second-order valence-corrected chi connectivity index (χ2v) is 6.79. The summed E-state index contributed by atoms with van der Waals surface area (Å²) >= 11 is 0. The summed E-state index contributed by atoms with van der Waals surface area (Å²) in [5, 5.41) is 5.99. The van der Waals surface area contributed by atoms with Crippen molar-refractivity contribution in [3.63, 3.8) is 0 Å². The van der Waals surface area contributed by atoms with Gasteiger partial charge in [-0.15, -0.1) is 0 Å². The number of nitrogens with zero attached hydrogens (tertiary/aromatic N) is 1. The van der Waals surface area contributed by atoms with Crippen LogP contribution in [0.4, 0.5) is 10.5 Å². The first-order valence-corrected chi connectivity index (χ1v) is 9.26. The lowest BCUT2D eigenvalue weighted by molar-refractivity contribution is -0.117. The van der Waals surface area contributed by atoms with E-state index in [0.717, 1.165) is 24.3 Å². The first kappa shape index (κ1) is 17.6. The summed E-state index contributed by atoms with van der Waals surface area (Å²) in [6, 6.07) is 7.46. The first-order chi connectivity index (χ1) is 12.2. The topological polar surface area (TPSA) is 70.7 Å². The van der Waals surface area contributed by atoms with Gasteiger partial charge in [0.15, 0.2) is 0 Å². The van der Waals surface area contributed by atoms with Gasteiger partial charge in [-0.2, -0.15) is 0 Å². The Morgan fingerprint density at radius 3 is 2.48 bits per heavy atom. The zero-order valence-electron chi connectivity index (χ0n) is 14.8. The lowest BCUT2D eigenvalue weighted by Crippen LogP contribution is -2.47. The van der Waals surface area contributed by atoms with Crippen molar-refractivity contribution < 1.29 is 14.3 Å². The van der Waals surface area contributed by atoms with Gasteiger partial charge in [-0.05, 0) is 44.0 Å². The number of hydrogen-bond donors (Lipinski definition) is 2. The van der Waals surface area contributed by atoms with E-state index in [1.165, 1.54) is 19.3 Å². The molecular formula is C19H27N3O3. The van der Waals surface area contributed by atoms with E-state index in [1.54, 1.807) is 4.90 Å². The second kappa shape index (κ2) is 8.23. The molecule has 1 saturated carbocycles. The fourth-order valence-electron chi connectivity index (χ4n) is 3.60. The van der Waals surface area contributed by atoms with Crippen LogP contribution in [0.5, 0.6) is 5.75 Å². The Balaban J connectivity index is 1.52. The Morgan fingerprint density at radius 1 is 1.12 bits per heavy atom. The molecule has 1 aromatic rings. The molecule has 6 heteroatoms. The van der Waals surface area contributed by atoms with Gasteiger partial charge in [0.1, 0.15) is 5.75 Å². The Morgan fingerprint density at radius 2 is 1.80 bits per heavy atom. The van der Waals surface area contributed by atoms with Gasteiger partial charge < -0.3 is 20.3 Å². The maximum absolute atomic E-state index is 12.3. The van der Waals surface area contributed by atoms with E-state index in [2.05, 4.69) is 10.6 Å². The van der Waals surface area contributed by atoms with Crippen LogP contribution in [0.2, 0.25) is 0 Å². The molecule has 1 heterocycles. The fraction of sp³-hybridized carbons (Fsp3) is 0.579. The summed E-state index contributed by atoms with van der Waals surface area (Å²) in [6.45, 7) is 3.06. The fourth-order valence-corrected chi connectivity index (χ4v) is 3.60. The second-order valence-electron chi connectivity index (χ2n) is 6.79. The molecule has 3 amide bonds. The average molecular weight is 345 g/mol. The summed E-state index contributed by atoms with van der Waals surface area (Å²) in [4.78, 5) is 26.2. The lowest BCUT2D eigenvalue weighted by Gasteiger charge is -2.24. The molecular weight excluding hydrogens is 318 g/mol. The molecule has 136 valence electrons. The Kier molecular flexibility index (Phi) is 5.79. The van der Waals surface area contributed by atoms with Crippen LogP contribution in [0.15, 0.2) is 24.3 Å². The minimum Gasteiger partial charge on any atom is -0.494 e. The van der Waals surface area contributed by atoms with Crippen LogP contribution >= 0.6 is 0 Å². The third-order valence-electron chi connectivity index (χ3n) is 4.86. The van der Waals surface area contributed by atoms with Crippen molar-refractivity contribution in [2.24, 2.45) is 0 Å². The highest BCUT2D eigenvalue weighted by Crippen LogP contribution is 2.24. The highest BCUT2D eigenvalue weighted by Gasteiger charge is 2.32. The standard InChI is InChI=1S/C19H27N3O3/c1-2-25-17-10-8-16(9-11-17)22-13-15(12-18(22)23)21-19(24)20-14-6-4-3-5-7-14/h8-11,14-15H,2-7,12-13H2,1H3,(H2,20,21,24)/t15-/m1/s1. The van der Waals surface area contributed by atoms with Gasteiger partial charge in [0.25, 0.3) is 0 Å². The number of amides is 3. The van der Waals surface area contributed by atoms with E-state index < -0.39 is 0 Å². The predicted molar refractivity (Wildman–Crippen MR) is 96.9 cm³/mol. The molecule has 3 rings (SSSR count). The van der Waals surface area contributed by atoms with Gasteiger partial charge in [-0.3, -0.25) is 4.79 Å². The first-order valence-electron chi connectivity index (χ1n) is 9.26. The predicted octanol–water partition coefficient (Wildman–Crippen LogP) is 2.82. The van der Waals surface area contributed by atoms with Crippen LogP contribution in [0.25, 0.3) is 0 Å². The summed E-state index contributed by atoms with van der Waals surface area (Å²) < 4.78 is 5.43. The van der Waals surface area contributed by atoms with Crippen LogP contribution in [0.3, 0.4) is 0 Å². The molecule has 1 atom stereocenters. The smallest absolute Gasteiger partial charge is 0.315 e. The average Bonchev–Trinajstić information content (AvgIpc) is 2.97. The zero-order chi connectivity index (χ0) is 17.6. The van der Waals surface area contributed by atoms with Crippen molar-refractivity contribution >= 4 is 17.6 Å². The van der Waals surface area contributed by atoms with Gasteiger partial charge >= 0.3 is 6.03 Å². The zero-order valence-corrected chi connectivity index (χ0v) is 14.8. The largest absolute Gasteiger partial charge is 0.494 e. The maximum atomic E-state index is 12.3. The number of urea groups is 1. The molecule has 1 aromatic carbocycles. The molecule has 2 fully saturated rings. The normalized spacial score (nSPS) is 21.2. The highest BCUT2D eigenvalue weighted by atomic mass is 16.5. The van der Waals surface area contributed by atoms with E-state index >= 15 is 0 Å². The Bertz CT molecular complexity index is 596. The molecule has 0 aromatic heterocycles. The van der Waals surface area contributed by atoms with E-state index in [0.29, 0.717) is 19.6 Å². The van der Waals surface area contributed by atoms with Crippen LogP contribution in [-0.4, -0.2) is 37.2 Å². The van der Waals surface area contributed by atoms with Gasteiger partial charge in [0.05, 0.1) is 12.6 Å². The van der Waals surface area contributed by atoms with E-state index in [-0.39, 0.29) is 24.0 Å². The number of ether oxygens (including phenoxy) is 1. The van der Waals surface area contributed by atoms with Crippen LogP contribution in [0.1, 0.15) is 45.4 Å². The number of nitrogens with one attached hydrogen (secondary N) is 2. The number of anilines is 1. The molecule has 0 bridgehead atoms. The Labute approximate surface area is 148 Å². The number of benzene rings is 1. The molecule has 2 N–H and O–H groups in total. The van der Waals surface area contributed by atoms with Crippen molar-refractivity contribution in [3.8, 4) is 5.75 Å². The van der Waals surface area contributed by atoms with Crippen molar-refractivity contribution in [2.45, 2.75) is 57.5 Å². The number of rotatable bonds is 5. The molecule has 6 nitrogen and oxygen atoms in total. The molecule has 1 aliphatic heterocycles. The highest BCUT2D eigenvalue weighted by molar-refractivity contribution is 5.96. The number of carbonyl (C=O) groups excluding carboxylic acids is 2. The van der Waals surface area contributed by atoms with Crippen molar-refractivity contribution in [1.82, 2.24) is 10.6 Å². The lowest BCUT2D eigenvalue weighted by atomic mass is 9.96. The molecule has 2 aliphatic rings. The molecule has 0 unspecified atom stereocenters. The Hall–Kier alpha value is -2.24. The van der Waals surface area contributed by atoms with Crippen LogP contribution in [0, 0.1) is 0 Å². The summed E-state index contributed by atoms with van der Waals surface area (Å²) in [5.41, 5.74) is 0.838. The van der Waals surface area contributed by atoms with Gasteiger partial charge in [-0.25, -0.2) is 4.79 Å². The van der Waals surface area contributed by atoms with Gasteiger partial charge in [0.2, 0.25) is 5.91 Å². The number of hydrogen-bond acceptors (Lipinski definition) is 3. The van der Waals surface area contributed by atoms with Gasteiger partial charge in [-0.1, -0.05) is 19.3 Å². The van der Waals surface area contributed by atoms with E-state index in [1.807, 2.05) is 31.2 Å².